The van der Waals surface area contributed by atoms with Crippen LogP contribution in [0.15, 0.2) is 22.9 Å². The fourth-order valence-corrected chi connectivity index (χ4v) is 2.29. The molecule has 112 valence electrons. The number of ether oxygens (including phenoxy) is 2. The van der Waals surface area contributed by atoms with Crippen LogP contribution in [0.1, 0.15) is 29.6 Å². The lowest BCUT2D eigenvalue weighted by Crippen LogP contribution is -2.10. The molecule has 1 fully saturated rings. The largest absolute Gasteiger partial charge is 0.381 e. The summed E-state index contributed by atoms with van der Waals surface area (Å²) in [5.74, 6) is 2.51. The van der Waals surface area contributed by atoms with Crippen LogP contribution in [0.3, 0.4) is 0 Å². The average molecular weight is 290 g/mol. The number of aromatic nitrogens is 3. The van der Waals surface area contributed by atoms with Crippen molar-refractivity contribution in [2.45, 2.75) is 25.5 Å². The van der Waals surface area contributed by atoms with Crippen LogP contribution in [0.25, 0.3) is 0 Å². The number of hydrogen-bond donors (Lipinski definition) is 1. The van der Waals surface area contributed by atoms with E-state index in [1.807, 2.05) is 12.1 Å². The molecule has 0 saturated carbocycles. The average Bonchev–Trinajstić information content (AvgIpc) is 3.19. The van der Waals surface area contributed by atoms with Crippen LogP contribution < -0.4 is 5.32 Å². The molecule has 1 aliphatic rings. The topological polar surface area (TPSA) is 82.3 Å². The highest BCUT2D eigenvalue weighted by Gasteiger charge is 2.20. The van der Waals surface area contributed by atoms with Crippen molar-refractivity contribution in [3.8, 4) is 0 Å². The lowest BCUT2D eigenvalue weighted by atomic mass is 10.0. The van der Waals surface area contributed by atoms with E-state index in [1.165, 1.54) is 0 Å². The van der Waals surface area contributed by atoms with Crippen molar-refractivity contribution < 1.29 is 14.0 Å². The Bertz CT molecular complexity index is 568. The second-order valence-electron chi connectivity index (χ2n) is 4.92. The summed E-state index contributed by atoms with van der Waals surface area (Å²) >= 11 is 0. The molecule has 21 heavy (non-hydrogen) atoms. The molecule has 2 aromatic heterocycles. The molecule has 7 heteroatoms. The van der Waals surface area contributed by atoms with Crippen LogP contribution in [-0.4, -0.2) is 35.4 Å². The lowest BCUT2D eigenvalue weighted by Gasteiger charge is -2.12. The van der Waals surface area contributed by atoms with Crippen molar-refractivity contribution in [1.82, 2.24) is 15.1 Å². The second kappa shape index (κ2) is 6.64. The molecule has 7 nitrogen and oxygen atoms in total. The predicted octanol–water partition coefficient (Wildman–Crippen LogP) is 1.73. The number of nitrogens with zero attached hydrogens (tertiary/aromatic N) is 3. The SMILES string of the molecule is COCc1nc(NCc2ccno2)cc(C2CCOC2)n1. The zero-order chi connectivity index (χ0) is 14.5. The van der Waals surface area contributed by atoms with Gasteiger partial charge in [-0.15, -0.1) is 0 Å². The molecular formula is C14H18N4O3. The minimum absolute atomic E-state index is 0.328. The summed E-state index contributed by atoms with van der Waals surface area (Å²) in [4.78, 5) is 9.00. The summed E-state index contributed by atoms with van der Waals surface area (Å²) in [5, 5.41) is 6.91. The van der Waals surface area contributed by atoms with E-state index in [0.717, 1.165) is 30.3 Å². The number of hydrogen-bond acceptors (Lipinski definition) is 7. The molecule has 3 rings (SSSR count). The van der Waals surface area contributed by atoms with Crippen molar-refractivity contribution in [3.63, 3.8) is 0 Å². The van der Waals surface area contributed by atoms with Gasteiger partial charge in [-0.1, -0.05) is 5.16 Å². The smallest absolute Gasteiger partial charge is 0.156 e. The Morgan fingerprint density at radius 2 is 2.38 bits per heavy atom. The molecule has 1 aliphatic heterocycles. The molecule has 0 aromatic carbocycles. The molecule has 3 heterocycles. The first-order valence-electron chi connectivity index (χ1n) is 6.93. The Labute approximate surface area is 122 Å². The van der Waals surface area contributed by atoms with E-state index in [4.69, 9.17) is 14.0 Å². The lowest BCUT2D eigenvalue weighted by molar-refractivity contribution is 0.177. The Hall–Kier alpha value is -1.99. The molecular weight excluding hydrogens is 272 g/mol. The summed E-state index contributed by atoms with van der Waals surface area (Å²) < 4.78 is 15.6. The Morgan fingerprint density at radius 3 is 3.10 bits per heavy atom. The van der Waals surface area contributed by atoms with Crippen molar-refractivity contribution in [2.24, 2.45) is 0 Å². The van der Waals surface area contributed by atoms with Gasteiger partial charge >= 0.3 is 0 Å². The minimum atomic E-state index is 0.328. The zero-order valence-electron chi connectivity index (χ0n) is 11.9. The number of methoxy groups -OCH3 is 1. The van der Waals surface area contributed by atoms with Gasteiger partial charge in [-0.25, -0.2) is 9.97 Å². The van der Waals surface area contributed by atoms with E-state index in [9.17, 15) is 0 Å². The third-order valence-electron chi connectivity index (χ3n) is 3.35. The van der Waals surface area contributed by atoms with Crippen molar-refractivity contribution >= 4 is 5.82 Å². The highest BCUT2D eigenvalue weighted by molar-refractivity contribution is 5.37. The molecule has 0 bridgehead atoms. The van der Waals surface area contributed by atoms with E-state index >= 15 is 0 Å². The fourth-order valence-electron chi connectivity index (χ4n) is 2.29. The first-order valence-corrected chi connectivity index (χ1v) is 6.93. The van der Waals surface area contributed by atoms with Crippen LogP contribution >= 0.6 is 0 Å². The van der Waals surface area contributed by atoms with Crippen LogP contribution in [0.2, 0.25) is 0 Å². The van der Waals surface area contributed by atoms with Crippen LogP contribution in [0, 0.1) is 0 Å². The molecule has 1 N–H and O–H groups in total. The van der Waals surface area contributed by atoms with Gasteiger partial charge in [-0.05, 0) is 6.42 Å². The first kappa shape index (κ1) is 14.0. The van der Waals surface area contributed by atoms with E-state index in [1.54, 1.807) is 13.3 Å². The normalized spacial score (nSPS) is 18.0. The van der Waals surface area contributed by atoms with E-state index in [2.05, 4.69) is 20.4 Å². The predicted molar refractivity (Wildman–Crippen MR) is 74.8 cm³/mol. The second-order valence-corrected chi connectivity index (χ2v) is 4.92. The Morgan fingerprint density at radius 1 is 1.43 bits per heavy atom. The van der Waals surface area contributed by atoms with Gasteiger partial charge in [0.05, 0.1) is 25.0 Å². The highest BCUT2D eigenvalue weighted by atomic mass is 16.5. The summed E-state index contributed by atoms with van der Waals surface area (Å²) in [7, 11) is 1.64. The number of rotatable bonds is 6. The molecule has 0 aliphatic carbocycles. The minimum Gasteiger partial charge on any atom is -0.381 e. The zero-order valence-corrected chi connectivity index (χ0v) is 11.9. The molecule has 0 spiro atoms. The maximum Gasteiger partial charge on any atom is 0.156 e. The Balaban J connectivity index is 1.77. The third-order valence-corrected chi connectivity index (χ3v) is 3.35. The van der Waals surface area contributed by atoms with Crippen molar-refractivity contribution in [2.75, 3.05) is 25.6 Å². The van der Waals surface area contributed by atoms with Gasteiger partial charge in [0.25, 0.3) is 0 Å². The molecule has 1 unspecified atom stereocenters. The highest BCUT2D eigenvalue weighted by Crippen LogP contribution is 2.25. The molecule has 1 atom stereocenters. The maximum atomic E-state index is 5.43. The third kappa shape index (κ3) is 3.56. The Kier molecular flexibility index (Phi) is 4.42. The van der Waals surface area contributed by atoms with E-state index < -0.39 is 0 Å². The van der Waals surface area contributed by atoms with E-state index in [0.29, 0.717) is 31.5 Å². The molecule has 1 saturated heterocycles. The van der Waals surface area contributed by atoms with Gasteiger partial charge in [0.2, 0.25) is 0 Å². The van der Waals surface area contributed by atoms with E-state index in [-0.39, 0.29) is 0 Å². The number of nitrogens with one attached hydrogen (secondary N) is 1. The summed E-state index contributed by atoms with van der Waals surface area (Å²) in [6.07, 6.45) is 2.61. The van der Waals surface area contributed by atoms with Gasteiger partial charge < -0.3 is 19.3 Å². The summed E-state index contributed by atoms with van der Waals surface area (Å²) in [6.45, 7) is 2.42. The van der Waals surface area contributed by atoms with Crippen LogP contribution in [-0.2, 0) is 22.6 Å². The van der Waals surface area contributed by atoms with Gasteiger partial charge in [-0.2, -0.15) is 0 Å². The van der Waals surface area contributed by atoms with Crippen molar-refractivity contribution in [3.05, 3.63) is 35.6 Å². The monoisotopic (exact) mass is 290 g/mol. The molecule has 0 amide bonds. The molecule has 0 radical (unpaired) electrons. The number of anilines is 1. The van der Waals surface area contributed by atoms with Crippen LogP contribution in [0.4, 0.5) is 5.82 Å². The summed E-state index contributed by atoms with van der Waals surface area (Å²) in [5.41, 5.74) is 0.995. The first-order chi connectivity index (χ1) is 10.3. The van der Waals surface area contributed by atoms with Gasteiger partial charge in [0, 0.05) is 31.8 Å². The van der Waals surface area contributed by atoms with Crippen molar-refractivity contribution in [1.29, 1.82) is 0 Å². The van der Waals surface area contributed by atoms with Crippen LogP contribution in [0.5, 0.6) is 0 Å². The van der Waals surface area contributed by atoms with Gasteiger partial charge in [0.15, 0.2) is 11.6 Å². The molecule has 2 aromatic rings. The standard InChI is InChI=1S/C14H18N4O3/c1-19-9-14-17-12(10-3-5-20-8-10)6-13(18-14)15-7-11-2-4-16-21-11/h2,4,6,10H,3,5,7-9H2,1H3,(H,15,17,18). The fraction of sp³-hybridized carbons (Fsp3) is 0.500. The maximum absolute atomic E-state index is 5.43. The van der Waals surface area contributed by atoms with Gasteiger partial charge in [0.1, 0.15) is 12.4 Å². The quantitative estimate of drug-likeness (QED) is 0.867. The van der Waals surface area contributed by atoms with Gasteiger partial charge in [-0.3, -0.25) is 0 Å². The summed E-state index contributed by atoms with van der Waals surface area (Å²) in [6, 6.07) is 3.78.